The summed E-state index contributed by atoms with van der Waals surface area (Å²) in [5.41, 5.74) is 0. The molecule has 6 nitrogen and oxygen atoms in total. The minimum Gasteiger partial charge on any atom is -0.484 e. The predicted molar refractivity (Wildman–Crippen MR) is 132 cm³/mol. The Morgan fingerprint density at radius 2 is 1.03 bits per heavy atom. The molecule has 8 heteroatoms. The molecule has 0 aliphatic heterocycles. The van der Waals surface area contributed by atoms with Crippen molar-refractivity contribution in [2.45, 2.75) is 37.8 Å². The number of hydrogen-bond donors (Lipinski definition) is 2. The van der Waals surface area contributed by atoms with E-state index in [1.165, 1.54) is 0 Å². The topological polar surface area (TPSA) is 76.7 Å². The fraction of sp³-hybridized carbons (Fsp3) is 0.364. The molecule has 3 rings (SSSR count). The molecule has 1 aliphatic carbocycles. The highest BCUT2D eigenvalue weighted by atomic mass is 127. The Morgan fingerprint density at radius 1 is 0.700 bits per heavy atom. The van der Waals surface area contributed by atoms with Crippen LogP contribution in [0.5, 0.6) is 11.5 Å². The SMILES string of the molecule is O=C(COc1ccc(I)cc1)NC1CCC(NC(=O)COc2ccc(I)cc2)CC1. The van der Waals surface area contributed by atoms with E-state index in [1.54, 1.807) is 0 Å². The third-order valence-corrected chi connectivity index (χ3v) is 6.26. The minimum atomic E-state index is -0.119. The highest BCUT2D eigenvalue weighted by molar-refractivity contribution is 14.1. The van der Waals surface area contributed by atoms with Gasteiger partial charge in [0.05, 0.1) is 0 Å². The van der Waals surface area contributed by atoms with Crippen LogP contribution in [-0.2, 0) is 9.59 Å². The Kier molecular flexibility index (Phi) is 9.04. The number of hydrogen-bond acceptors (Lipinski definition) is 4. The van der Waals surface area contributed by atoms with Gasteiger partial charge in [0.1, 0.15) is 11.5 Å². The zero-order chi connectivity index (χ0) is 21.3. The molecule has 2 amide bonds. The fourth-order valence-corrected chi connectivity index (χ4v) is 4.00. The number of carbonyl (C=O) groups is 2. The van der Waals surface area contributed by atoms with Gasteiger partial charge in [0.2, 0.25) is 0 Å². The van der Waals surface area contributed by atoms with E-state index in [-0.39, 0.29) is 37.1 Å². The Bertz CT molecular complexity index is 764. The van der Waals surface area contributed by atoms with Crippen LogP contribution in [0, 0.1) is 7.14 Å². The summed E-state index contributed by atoms with van der Waals surface area (Å²) >= 11 is 4.45. The van der Waals surface area contributed by atoms with Gasteiger partial charge in [-0.2, -0.15) is 0 Å². The lowest BCUT2D eigenvalue weighted by molar-refractivity contribution is -0.125. The van der Waals surface area contributed by atoms with Crippen molar-refractivity contribution in [1.82, 2.24) is 10.6 Å². The second-order valence-electron chi connectivity index (χ2n) is 7.17. The Hall–Kier alpha value is -1.56. The number of rotatable bonds is 8. The highest BCUT2D eigenvalue weighted by Crippen LogP contribution is 2.19. The van der Waals surface area contributed by atoms with E-state index in [9.17, 15) is 9.59 Å². The van der Waals surface area contributed by atoms with E-state index in [1.807, 2.05) is 48.5 Å². The quantitative estimate of drug-likeness (QED) is 0.433. The fourth-order valence-electron chi connectivity index (χ4n) is 3.28. The molecule has 0 saturated heterocycles. The van der Waals surface area contributed by atoms with E-state index in [0.29, 0.717) is 11.5 Å². The molecule has 30 heavy (non-hydrogen) atoms. The second-order valence-corrected chi connectivity index (χ2v) is 9.66. The first-order valence-corrected chi connectivity index (χ1v) is 12.0. The highest BCUT2D eigenvalue weighted by Gasteiger charge is 2.23. The maximum absolute atomic E-state index is 12.1. The standard InChI is InChI=1S/C22H24I2N2O4/c23-15-1-9-19(10-2-15)29-13-21(27)25-17-5-7-18(8-6-17)26-22(28)14-30-20-11-3-16(24)4-12-20/h1-4,9-12,17-18H,5-8,13-14H2,(H,25,27)(H,26,28). The van der Waals surface area contributed by atoms with Crippen LogP contribution in [-0.4, -0.2) is 37.1 Å². The molecule has 0 radical (unpaired) electrons. The van der Waals surface area contributed by atoms with Crippen molar-refractivity contribution in [2.24, 2.45) is 0 Å². The van der Waals surface area contributed by atoms with Crippen molar-refractivity contribution in [3.05, 3.63) is 55.7 Å². The van der Waals surface area contributed by atoms with E-state index < -0.39 is 0 Å². The van der Waals surface area contributed by atoms with E-state index in [0.717, 1.165) is 32.8 Å². The van der Waals surface area contributed by atoms with Gasteiger partial charge in [-0.1, -0.05) is 0 Å². The van der Waals surface area contributed by atoms with Crippen molar-refractivity contribution in [1.29, 1.82) is 0 Å². The molecule has 2 aromatic rings. The van der Waals surface area contributed by atoms with Crippen LogP contribution in [0.2, 0.25) is 0 Å². The first-order valence-electron chi connectivity index (χ1n) is 9.83. The van der Waals surface area contributed by atoms with Gasteiger partial charge in [0, 0.05) is 19.2 Å². The number of halogens is 2. The van der Waals surface area contributed by atoms with Crippen LogP contribution in [0.1, 0.15) is 25.7 Å². The Labute approximate surface area is 203 Å². The lowest BCUT2D eigenvalue weighted by atomic mass is 9.91. The molecule has 0 bridgehead atoms. The summed E-state index contributed by atoms with van der Waals surface area (Å²) in [7, 11) is 0. The summed E-state index contributed by atoms with van der Waals surface area (Å²) < 4.78 is 13.3. The average Bonchev–Trinajstić information content (AvgIpc) is 2.74. The zero-order valence-corrected chi connectivity index (χ0v) is 20.7. The van der Waals surface area contributed by atoms with Gasteiger partial charge in [-0.25, -0.2) is 0 Å². The normalized spacial score (nSPS) is 18.3. The van der Waals surface area contributed by atoms with Gasteiger partial charge in [-0.15, -0.1) is 0 Å². The molecule has 2 N–H and O–H groups in total. The Balaban J connectivity index is 1.31. The summed E-state index contributed by atoms with van der Waals surface area (Å²) in [6.07, 6.45) is 3.33. The van der Waals surface area contributed by atoms with Crippen molar-refractivity contribution in [2.75, 3.05) is 13.2 Å². The number of ether oxygens (including phenoxy) is 2. The van der Waals surface area contributed by atoms with Crippen LogP contribution in [0.3, 0.4) is 0 Å². The van der Waals surface area contributed by atoms with Crippen LogP contribution in [0.25, 0.3) is 0 Å². The maximum atomic E-state index is 12.1. The first-order chi connectivity index (χ1) is 14.5. The van der Waals surface area contributed by atoms with Gasteiger partial charge in [-0.05, 0) is 119 Å². The smallest absolute Gasteiger partial charge is 0.258 e. The van der Waals surface area contributed by atoms with Crippen molar-refractivity contribution < 1.29 is 19.1 Å². The van der Waals surface area contributed by atoms with Crippen LogP contribution >= 0.6 is 45.2 Å². The van der Waals surface area contributed by atoms with Crippen LogP contribution < -0.4 is 20.1 Å². The molecular formula is C22H24I2N2O4. The molecule has 0 atom stereocenters. The summed E-state index contributed by atoms with van der Waals surface area (Å²) in [4.78, 5) is 24.3. The first kappa shape index (κ1) is 23.1. The summed E-state index contributed by atoms with van der Waals surface area (Å²) in [6.45, 7) is 0.0142. The number of carbonyl (C=O) groups excluding carboxylic acids is 2. The van der Waals surface area contributed by atoms with Gasteiger partial charge in [0.15, 0.2) is 13.2 Å². The molecule has 160 valence electrons. The summed E-state index contributed by atoms with van der Waals surface area (Å²) in [5, 5.41) is 6.04. The van der Waals surface area contributed by atoms with E-state index in [4.69, 9.17) is 9.47 Å². The molecule has 0 heterocycles. The number of benzene rings is 2. The predicted octanol–water partition coefficient (Wildman–Crippen LogP) is 3.90. The molecule has 2 aromatic carbocycles. The van der Waals surface area contributed by atoms with Gasteiger partial charge in [-0.3, -0.25) is 9.59 Å². The third kappa shape index (κ3) is 7.93. The van der Waals surface area contributed by atoms with Crippen molar-refractivity contribution >= 4 is 57.0 Å². The molecule has 1 fully saturated rings. The minimum absolute atomic E-state index is 0.00708. The van der Waals surface area contributed by atoms with Crippen molar-refractivity contribution in [3.63, 3.8) is 0 Å². The van der Waals surface area contributed by atoms with Crippen LogP contribution in [0.15, 0.2) is 48.5 Å². The van der Waals surface area contributed by atoms with Crippen LogP contribution in [0.4, 0.5) is 0 Å². The zero-order valence-electron chi connectivity index (χ0n) is 16.4. The lowest BCUT2D eigenvalue weighted by Gasteiger charge is -2.29. The molecule has 0 unspecified atom stereocenters. The largest absolute Gasteiger partial charge is 0.484 e. The van der Waals surface area contributed by atoms with E-state index in [2.05, 4.69) is 55.8 Å². The van der Waals surface area contributed by atoms with E-state index >= 15 is 0 Å². The number of nitrogens with one attached hydrogen (secondary N) is 2. The Morgan fingerprint density at radius 3 is 1.37 bits per heavy atom. The number of amides is 2. The van der Waals surface area contributed by atoms with Gasteiger partial charge in [0.25, 0.3) is 11.8 Å². The molecule has 1 saturated carbocycles. The lowest BCUT2D eigenvalue weighted by Crippen LogP contribution is -2.45. The summed E-state index contributed by atoms with van der Waals surface area (Å²) in [5.74, 6) is 1.13. The molecular weight excluding hydrogens is 610 g/mol. The third-order valence-electron chi connectivity index (χ3n) is 4.82. The maximum Gasteiger partial charge on any atom is 0.258 e. The van der Waals surface area contributed by atoms with Gasteiger partial charge >= 0.3 is 0 Å². The molecule has 0 spiro atoms. The summed E-state index contributed by atoms with van der Waals surface area (Å²) in [6, 6.07) is 15.4. The molecule has 1 aliphatic rings. The molecule has 0 aromatic heterocycles. The second kappa shape index (κ2) is 11.7. The monoisotopic (exact) mass is 634 g/mol. The van der Waals surface area contributed by atoms with Gasteiger partial charge < -0.3 is 20.1 Å². The average molecular weight is 634 g/mol. The van der Waals surface area contributed by atoms with Crippen molar-refractivity contribution in [3.8, 4) is 11.5 Å².